The number of benzene rings is 1. The number of aromatic nitrogens is 2. The zero-order valence-electron chi connectivity index (χ0n) is 15.3. The molecule has 7 heteroatoms. The predicted octanol–water partition coefficient (Wildman–Crippen LogP) is 2.81. The van der Waals surface area contributed by atoms with Crippen molar-refractivity contribution < 1.29 is 9.21 Å². The molecule has 0 aliphatic carbocycles. The van der Waals surface area contributed by atoms with Crippen LogP contribution in [0.5, 0.6) is 0 Å². The number of oxazole rings is 1. The zero-order chi connectivity index (χ0) is 18.8. The minimum absolute atomic E-state index is 0.0550. The van der Waals surface area contributed by atoms with Gasteiger partial charge >= 0.3 is 0 Å². The monoisotopic (exact) mass is 363 g/mol. The molecule has 0 saturated heterocycles. The maximum atomic E-state index is 12.8. The number of nitrogens with zero attached hydrogens (tertiary/aromatic N) is 4. The van der Waals surface area contributed by atoms with E-state index in [2.05, 4.69) is 21.4 Å². The molecule has 1 unspecified atom stereocenters. The van der Waals surface area contributed by atoms with Gasteiger partial charge in [-0.1, -0.05) is 6.07 Å². The van der Waals surface area contributed by atoms with Gasteiger partial charge in [0, 0.05) is 18.4 Å². The summed E-state index contributed by atoms with van der Waals surface area (Å²) >= 11 is 0. The van der Waals surface area contributed by atoms with Gasteiger partial charge in [-0.3, -0.25) is 9.78 Å². The quantitative estimate of drug-likeness (QED) is 0.751. The van der Waals surface area contributed by atoms with Crippen LogP contribution < -0.4 is 5.32 Å². The molecule has 7 nitrogen and oxygen atoms in total. The molecule has 1 aromatic carbocycles. The van der Waals surface area contributed by atoms with Gasteiger partial charge in [0.25, 0.3) is 0 Å². The molecular formula is C20H21N5O2. The topological polar surface area (TPSA) is 74.5 Å². The van der Waals surface area contributed by atoms with E-state index >= 15 is 0 Å². The van der Waals surface area contributed by atoms with Crippen molar-refractivity contribution in [2.75, 3.05) is 26.0 Å². The smallest absolute Gasteiger partial charge is 0.237 e. The maximum Gasteiger partial charge on any atom is 0.237 e. The summed E-state index contributed by atoms with van der Waals surface area (Å²) in [5.41, 5.74) is 4.04. The molecule has 138 valence electrons. The first-order valence-electron chi connectivity index (χ1n) is 8.74. The molecule has 0 bridgehead atoms. The summed E-state index contributed by atoms with van der Waals surface area (Å²) in [5.74, 6) is 0.730. The lowest BCUT2D eigenvalue weighted by molar-refractivity contribution is -0.133. The van der Waals surface area contributed by atoms with Gasteiger partial charge in [-0.15, -0.1) is 0 Å². The fraction of sp³-hybridized carbons (Fsp3) is 0.250. The van der Waals surface area contributed by atoms with Crippen molar-refractivity contribution >= 4 is 17.3 Å². The number of nitrogens with one attached hydrogen (secondary N) is 1. The Kier molecular flexibility index (Phi) is 4.60. The molecule has 3 heterocycles. The van der Waals surface area contributed by atoms with Gasteiger partial charge in [0.2, 0.25) is 5.91 Å². The predicted molar refractivity (Wildman–Crippen MR) is 101 cm³/mol. The average Bonchev–Trinajstić information content (AvgIpc) is 3.28. The molecule has 2 aromatic heterocycles. The van der Waals surface area contributed by atoms with Crippen molar-refractivity contribution in [1.82, 2.24) is 19.8 Å². The lowest BCUT2D eigenvalue weighted by atomic mass is 10.0. The molecule has 1 N–H and O–H groups in total. The molecule has 1 aliphatic heterocycles. The minimum Gasteiger partial charge on any atom is -0.446 e. The van der Waals surface area contributed by atoms with Gasteiger partial charge in [-0.05, 0) is 49.5 Å². The van der Waals surface area contributed by atoms with Gasteiger partial charge in [-0.25, -0.2) is 4.98 Å². The van der Waals surface area contributed by atoms with Crippen LogP contribution in [0.25, 0.3) is 0 Å². The standard InChI is InChI=1S/C20H21N5O2/c1-24(2)12-19(26)25-11-14-8-15(23-16-4-3-7-21-9-16)5-6-17(14)20(25)18-10-22-13-27-18/h3-10,13,20,23H,11-12H2,1-2H3. The number of carbonyl (C=O) groups excluding carboxylic acids is 1. The molecule has 1 aliphatic rings. The molecule has 27 heavy (non-hydrogen) atoms. The summed E-state index contributed by atoms with van der Waals surface area (Å²) in [6.45, 7) is 0.884. The van der Waals surface area contributed by atoms with Crippen LogP contribution in [0.2, 0.25) is 0 Å². The van der Waals surface area contributed by atoms with E-state index in [1.54, 1.807) is 18.6 Å². The van der Waals surface area contributed by atoms with Gasteiger partial charge < -0.3 is 19.5 Å². The number of rotatable bonds is 5. The summed E-state index contributed by atoms with van der Waals surface area (Å²) in [6, 6.07) is 9.73. The Morgan fingerprint density at radius 2 is 2.15 bits per heavy atom. The second-order valence-electron chi connectivity index (χ2n) is 6.85. The van der Waals surface area contributed by atoms with E-state index in [1.807, 2.05) is 48.2 Å². The SMILES string of the molecule is CN(C)CC(=O)N1Cc2cc(Nc3cccnc3)ccc2C1c1cnco1. The van der Waals surface area contributed by atoms with Crippen molar-refractivity contribution in [2.24, 2.45) is 0 Å². The molecule has 1 atom stereocenters. The number of carbonyl (C=O) groups is 1. The lowest BCUT2D eigenvalue weighted by Gasteiger charge is -2.25. The number of amides is 1. The molecule has 1 amide bonds. The van der Waals surface area contributed by atoms with Gasteiger partial charge in [0.1, 0.15) is 6.04 Å². The van der Waals surface area contributed by atoms with E-state index in [9.17, 15) is 4.79 Å². The summed E-state index contributed by atoms with van der Waals surface area (Å²) in [4.78, 5) is 24.7. The van der Waals surface area contributed by atoms with E-state index in [0.29, 0.717) is 18.8 Å². The van der Waals surface area contributed by atoms with Crippen LogP contribution in [0.3, 0.4) is 0 Å². The van der Waals surface area contributed by atoms with Crippen LogP contribution in [0.1, 0.15) is 22.9 Å². The van der Waals surface area contributed by atoms with E-state index < -0.39 is 0 Å². The van der Waals surface area contributed by atoms with Crippen LogP contribution in [0.4, 0.5) is 11.4 Å². The third-order valence-corrected chi connectivity index (χ3v) is 4.53. The number of anilines is 2. The van der Waals surface area contributed by atoms with Gasteiger partial charge in [0.15, 0.2) is 12.2 Å². The second kappa shape index (κ2) is 7.20. The fourth-order valence-electron chi connectivity index (χ4n) is 3.39. The van der Waals surface area contributed by atoms with E-state index in [0.717, 1.165) is 22.5 Å². The normalized spacial score (nSPS) is 15.8. The highest BCUT2D eigenvalue weighted by Gasteiger charge is 2.36. The summed E-state index contributed by atoms with van der Waals surface area (Å²) in [5, 5.41) is 3.35. The zero-order valence-corrected chi connectivity index (χ0v) is 15.3. The first-order valence-corrected chi connectivity index (χ1v) is 8.74. The largest absolute Gasteiger partial charge is 0.446 e. The highest BCUT2D eigenvalue weighted by Crippen LogP contribution is 2.39. The Hall–Kier alpha value is -3.19. The highest BCUT2D eigenvalue weighted by molar-refractivity contribution is 5.80. The number of pyridine rings is 1. The number of hydrogen-bond acceptors (Lipinski definition) is 6. The van der Waals surface area contributed by atoms with Crippen molar-refractivity contribution in [2.45, 2.75) is 12.6 Å². The van der Waals surface area contributed by atoms with Gasteiger partial charge in [-0.2, -0.15) is 0 Å². The Morgan fingerprint density at radius 3 is 2.85 bits per heavy atom. The molecular weight excluding hydrogens is 342 g/mol. The number of likely N-dealkylation sites (N-methyl/N-ethyl adjacent to an activating group) is 1. The number of hydrogen-bond donors (Lipinski definition) is 1. The molecule has 0 saturated carbocycles. The van der Waals surface area contributed by atoms with Crippen molar-refractivity contribution in [3.63, 3.8) is 0 Å². The number of fused-ring (bicyclic) bond motifs is 1. The first kappa shape index (κ1) is 17.2. The van der Waals surface area contributed by atoms with Crippen LogP contribution in [0.15, 0.2) is 59.7 Å². The Balaban J connectivity index is 1.65. The highest BCUT2D eigenvalue weighted by atomic mass is 16.3. The van der Waals surface area contributed by atoms with Crippen LogP contribution >= 0.6 is 0 Å². The fourth-order valence-corrected chi connectivity index (χ4v) is 3.39. The average molecular weight is 363 g/mol. The van der Waals surface area contributed by atoms with Crippen LogP contribution in [0, 0.1) is 0 Å². The molecule has 0 spiro atoms. The maximum absolute atomic E-state index is 12.8. The Labute approximate surface area is 157 Å². The third kappa shape index (κ3) is 3.54. The molecule has 0 fully saturated rings. The van der Waals surface area contributed by atoms with Crippen LogP contribution in [-0.2, 0) is 11.3 Å². The Bertz CT molecular complexity index is 925. The first-order chi connectivity index (χ1) is 13.1. The van der Waals surface area contributed by atoms with Crippen molar-refractivity contribution in [3.05, 3.63) is 72.2 Å². The Morgan fingerprint density at radius 1 is 1.26 bits per heavy atom. The minimum atomic E-state index is -0.248. The summed E-state index contributed by atoms with van der Waals surface area (Å²) < 4.78 is 5.54. The molecule has 4 rings (SSSR count). The van der Waals surface area contributed by atoms with Crippen LogP contribution in [-0.4, -0.2) is 46.3 Å². The van der Waals surface area contributed by atoms with E-state index in [1.165, 1.54) is 6.39 Å². The molecule has 3 aromatic rings. The van der Waals surface area contributed by atoms with Gasteiger partial charge in [0.05, 0.1) is 24.6 Å². The summed E-state index contributed by atoms with van der Waals surface area (Å²) in [7, 11) is 3.78. The van der Waals surface area contributed by atoms with Crippen molar-refractivity contribution in [3.8, 4) is 0 Å². The molecule has 0 radical (unpaired) electrons. The third-order valence-electron chi connectivity index (χ3n) is 4.53. The lowest BCUT2D eigenvalue weighted by Crippen LogP contribution is -2.36. The van der Waals surface area contributed by atoms with E-state index in [4.69, 9.17) is 4.42 Å². The second-order valence-corrected chi connectivity index (χ2v) is 6.85. The van der Waals surface area contributed by atoms with Crippen molar-refractivity contribution in [1.29, 1.82) is 0 Å². The summed E-state index contributed by atoms with van der Waals surface area (Å²) in [6.07, 6.45) is 6.60. The van der Waals surface area contributed by atoms with E-state index in [-0.39, 0.29) is 11.9 Å².